The fraction of sp³-hybridized carbons (Fsp3) is 0.250. The van der Waals surface area contributed by atoms with Crippen molar-refractivity contribution in [1.29, 1.82) is 0 Å². The number of aryl methyl sites for hydroxylation is 1. The minimum absolute atomic E-state index is 0.212. The van der Waals surface area contributed by atoms with Crippen LogP contribution in [0.5, 0.6) is 5.75 Å². The summed E-state index contributed by atoms with van der Waals surface area (Å²) in [6.07, 6.45) is 0. The van der Waals surface area contributed by atoms with Gasteiger partial charge in [0.25, 0.3) is 0 Å². The van der Waals surface area contributed by atoms with Crippen molar-refractivity contribution < 1.29 is 9.13 Å². The fourth-order valence-electron chi connectivity index (χ4n) is 1.90. The molecule has 0 atom stereocenters. The van der Waals surface area contributed by atoms with Gasteiger partial charge in [0, 0.05) is 12.1 Å². The smallest absolute Gasteiger partial charge is 0.129 e. The Kier molecular flexibility index (Phi) is 4.17. The molecule has 3 heteroatoms. The Morgan fingerprint density at radius 2 is 1.95 bits per heavy atom. The van der Waals surface area contributed by atoms with E-state index in [4.69, 9.17) is 10.5 Å². The number of hydrogen-bond donors (Lipinski definition) is 1. The Morgan fingerprint density at radius 1 is 1.16 bits per heavy atom. The van der Waals surface area contributed by atoms with Crippen molar-refractivity contribution in [1.82, 2.24) is 0 Å². The third-order valence-corrected chi connectivity index (χ3v) is 3.28. The van der Waals surface area contributed by atoms with Gasteiger partial charge < -0.3 is 10.5 Å². The zero-order chi connectivity index (χ0) is 13.8. The van der Waals surface area contributed by atoms with Gasteiger partial charge in [0.05, 0.1) is 0 Å². The van der Waals surface area contributed by atoms with Gasteiger partial charge in [0.1, 0.15) is 18.2 Å². The first-order valence-electron chi connectivity index (χ1n) is 6.28. The second-order valence-electron chi connectivity index (χ2n) is 4.62. The molecular weight excluding hydrogens is 241 g/mol. The van der Waals surface area contributed by atoms with Crippen LogP contribution in [0, 0.1) is 19.7 Å². The summed E-state index contributed by atoms with van der Waals surface area (Å²) < 4.78 is 19.4. The monoisotopic (exact) mass is 259 g/mol. The van der Waals surface area contributed by atoms with Crippen LogP contribution in [-0.4, -0.2) is 0 Å². The molecular formula is C16H18FNO. The van der Waals surface area contributed by atoms with Crippen LogP contribution in [0.1, 0.15) is 22.3 Å². The van der Waals surface area contributed by atoms with Crippen molar-refractivity contribution in [2.45, 2.75) is 27.0 Å². The Bertz CT molecular complexity index is 581. The summed E-state index contributed by atoms with van der Waals surface area (Å²) >= 11 is 0. The van der Waals surface area contributed by atoms with Gasteiger partial charge in [0.2, 0.25) is 0 Å². The van der Waals surface area contributed by atoms with Gasteiger partial charge in [-0.15, -0.1) is 0 Å². The SMILES string of the molecule is Cc1cccc(OCc2cc(CN)ccc2F)c1C. The summed E-state index contributed by atoms with van der Waals surface area (Å²) in [5.41, 5.74) is 9.23. The maximum atomic E-state index is 13.7. The van der Waals surface area contributed by atoms with E-state index < -0.39 is 0 Å². The highest BCUT2D eigenvalue weighted by molar-refractivity contribution is 5.38. The molecule has 0 fully saturated rings. The lowest BCUT2D eigenvalue weighted by Crippen LogP contribution is -2.03. The Morgan fingerprint density at radius 3 is 2.68 bits per heavy atom. The molecule has 0 unspecified atom stereocenters. The van der Waals surface area contributed by atoms with E-state index in [2.05, 4.69) is 0 Å². The van der Waals surface area contributed by atoms with E-state index in [-0.39, 0.29) is 12.4 Å². The normalized spacial score (nSPS) is 10.5. The molecule has 2 aromatic carbocycles. The van der Waals surface area contributed by atoms with E-state index in [1.165, 1.54) is 6.07 Å². The Labute approximate surface area is 113 Å². The number of nitrogens with two attached hydrogens (primary N) is 1. The van der Waals surface area contributed by atoms with E-state index in [0.29, 0.717) is 12.1 Å². The Hall–Kier alpha value is -1.87. The summed E-state index contributed by atoms with van der Waals surface area (Å²) in [6, 6.07) is 10.7. The molecule has 0 spiro atoms. The predicted octanol–water partition coefficient (Wildman–Crippen LogP) is 3.48. The molecule has 0 amide bonds. The summed E-state index contributed by atoms with van der Waals surface area (Å²) in [7, 11) is 0. The van der Waals surface area contributed by atoms with E-state index in [1.807, 2.05) is 32.0 Å². The predicted molar refractivity (Wildman–Crippen MR) is 74.5 cm³/mol. The number of ether oxygens (including phenoxy) is 1. The van der Waals surface area contributed by atoms with Crippen LogP contribution in [0.3, 0.4) is 0 Å². The fourth-order valence-corrected chi connectivity index (χ4v) is 1.90. The maximum absolute atomic E-state index is 13.7. The number of rotatable bonds is 4. The van der Waals surface area contributed by atoms with Crippen molar-refractivity contribution in [2.75, 3.05) is 0 Å². The first-order valence-corrected chi connectivity index (χ1v) is 6.28. The van der Waals surface area contributed by atoms with Crippen LogP contribution < -0.4 is 10.5 Å². The highest BCUT2D eigenvalue weighted by Crippen LogP contribution is 2.22. The molecule has 0 radical (unpaired) electrons. The molecule has 0 aliphatic carbocycles. The summed E-state index contributed by atoms with van der Waals surface area (Å²) in [6.45, 7) is 4.63. The highest BCUT2D eigenvalue weighted by atomic mass is 19.1. The standard InChI is InChI=1S/C16H18FNO/c1-11-4-3-5-16(12(11)2)19-10-14-8-13(9-18)6-7-15(14)17/h3-8H,9-10,18H2,1-2H3. The molecule has 0 aliphatic rings. The van der Waals surface area contributed by atoms with Crippen LogP contribution in [0.25, 0.3) is 0 Å². The molecule has 0 bridgehead atoms. The zero-order valence-electron chi connectivity index (χ0n) is 11.2. The minimum atomic E-state index is -0.262. The van der Waals surface area contributed by atoms with Crippen molar-refractivity contribution in [3.05, 3.63) is 64.5 Å². The van der Waals surface area contributed by atoms with Crippen LogP contribution >= 0.6 is 0 Å². The molecule has 19 heavy (non-hydrogen) atoms. The van der Waals surface area contributed by atoms with Gasteiger partial charge in [-0.2, -0.15) is 0 Å². The number of hydrogen-bond acceptors (Lipinski definition) is 2. The van der Waals surface area contributed by atoms with Gasteiger partial charge in [-0.3, -0.25) is 0 Å². The number of benzene rings is 2. The van der Waals surface area contributed by atoms with Gasteiger partial charge in [-0.1, -0.05) is 18.2 Å². The van der Waals surface area contributed by atoms with Crippen molar-refractivity contribution >= 4 is 0 Å². The molecule has 0 heterocycles. The van der Waals surface area contributed by atoms with Gasteiger partial charge >= 0.3 is 0 Å². The molecule has 0 saturated carbocycles. The lowest BCUT2D eigenvalue weighted by Gasteiger charge is -2.12. The molecule has 0 aliphatic heterocycles. The minimum Gasteiger partial charge on any atom is -0.489 e. The second-order valence-corrected chi connectivity index (χ2v) is 4.62. The third kappa shape index (κ3) is 3.12. The topological polar surface area (TPSA) is 35.2 Å². The summed E-state index contributed by atoms with van der Waals surface area (Å²) in [4.78, 5) is 0. The van der Waals surface area contributed by atoms with Crippen molar-refractivity contribution in [3.8, 4) is 5.75 Å². The second kappa shape index (κ2) is 5.85. The lowest BCUT2D eigenvalue weighted by atomic mass is 10.1. The molecule has 2 aromatic rings. The lowest BCUT2D eigenvalue weighted by molar-refractivity contribution is 0.297. The van der Waals surface area contributed by atoms with Crippen LogP contribution in [0.15, 0.2) is 36.4 Å². The largest absolute Gasteiger partial charge is 0.489 e. The van der Waals surface area contributed by atoms with E-state index in [9.17, 15) is 4.39 Å². The average Bonchev–Trinajstić information content (AvgIpc) is 2.42. The molecule has 0 saturated heterocycles. The summed E-state index contributed by atoms with van der Waals surface area (Å²) in [5.74, 6) is 0.528. The van der Waals surface area contributed by atoms with Crippen LogP contribution in [0.4, 0.5) is 4.39 Å². The van der Waals surface area contributed by atoms with Crippen LogP contribution in [-0.2, 0) is 13.2 Å². The molecule has 100 valence electrons. The van der Waals surface area contributed by atoms with Gasteiger partial charge in [0.15, 0.2) is 0 Å². The quantitative estimate of drug-likeness (QED) is 0.912. The van der Waals surface area contributed by atoms with E-state index >= 15 is 0 Å². The first kappa shape index (κ1) is 13.6. The highest BCUT2D eigenvalue weighted by Gasteiger charge is 2.06. The van der Waals surface area contributed by atoms with E-state index in [1.54, 1.807) is 12.1 Å². The average molecular weight is 259 g/mol. The van der Waals surface area contributed by atoms with Gasteiger partial charge in [-0.25, -0.2) is 4.39 Å². The van der Waals surface area contributed by atoms with Crippen molar-refractivity contribution in [3.63, 3.8) is 0 Å². The third-order valence-electron chi connectivity index (χ3n) is 3.28. The molecule has 2 rings (SSSR count). The molecule has 0 aromatic heterocycles. The Balaban J connectivity index is 2.16. The van der Waals surface area contributed by atoms with Crippen molar-refractivity contribution in [2.24, 2.45) is 5.73 Å². The zero-order valence-corrected chi connectivity index (χ0v) is 11.2. The van der Waals surface area contributed by atoms with Crippen LogP contribution in [0.2, 0.25) is 0 Å². The van der Waals surface area contributed by atoms with Gasteiger partial charge in [-0.05, 0) is 48.7 Å². The first-order chi connectivity index (χ1) is 9.11. The molecule has 2 nitrogen and oxygen atoms in total. The molecule has 2 N–H and O–H groups in total. The summed E-state index contributed by atoms with van der Waals surface area (Å²) in [5, 5.41) is 0. The maximum Gasteiger partial charge on any atom is 0.129 e. The number of halogens is 1. The van der Waals surface area contributed by atoms with E-state index in [0.717, 1.165) is 22.4 Å².